The highest BCUT2D eigenvalue weighted by molar-refractivity contribution is 5.95. The van der Waals surface area contributed by atoms with Gasteiger partial charge in [0.05, 0.1) is 18.3 Å². The molecule has 0 radical (unpaired) electrons. The maximum Gasteiger partial charge on any atom is 0.190 e. The van der Waals surface area contributed by atoms with Gasteiger partial charge in [0.1, 0.15) is 36.8 Å². The van der Waals surface area contributed by atoms with Gasteiger partial charge in [-0.25, -0.2) is 0 Å². The van der Waals surface area contributed by atoms with Crippen molar-refractivity contribution in [2.24, 2.45) is 189 Å². The van der Waals surface area contributed by atoms with E-state index in [-0.39, 0.29) is 143 Å². The number of fused-ring (bicyclic) bond motifs is 30. The van der Waals surface area contributed by atoms with E-state index in [1.54, 1.807) is 19.9 Å². The number of allylic oxidation sites excluding steroid dienone is 6. The third kappa shape index (κ3) is 16.5. The van der Waals surface area contributed by atoms with Crippen LogP contribution in [-0.4, -0.2) is 154 Å². The standard InChI is InChI=1S/C21H30O5.C21H30O4.2C21H30O3.C21H30O2.C19H28O2/c1-19-7-5-13(23)9-12(19)3-4-14-15-6-8-21(26,17(25)11-22)20(15,2)10-16(24)18(14)19;1-20-8-7-13(23)9-12(20)3-4-14-15-5-6-16(18(25)11-22)21(15,2)10-17(24)19(14)20;1-13(22)21(24)11-8-18-16-5-4-14-12-15(23)6-9-19(14,2)17(16)7-10-20(18,21)3;1-20-9-7-14(23)11-13(20)3-4-15-16-5-6-18(19(24)12-22)21(16,2)10-8-17(15)20;1-13(22)17-6-7-18-16-5-4-14-12-15(23)8-10-20(14,2)19(16)9-11-21(17,18)3;1-18-9-7-13(20)11-12(18)3-4-14-15-5-6-17(21)19(15,2)10-8-16(14)18/h9,14-16,18,22,24,26H,3-8,10-11H2,1-2H3;9,14-17,19,22,24H,3-8,10-11H2,1-2H3;12,16-18,24H,4-11H2,1-3H3;11,15-18,22H,3-10,12H2,1-2H3;12,16-19H,4-11H2,1-3H3;11,14-17,21H,3-10H2,1-2H3/t14?,15?,16-,18?,19?,20?,21-;14?,15?,16?,17-,19?,20?,21?;16?,17?,18?,19?,20?,21-;;;/m000.../s1. The molecule has 143 heavy (non-hydrogen) atoms. The average molecular weight is 1970 g/mol. The monoisotopic (exact) mass is 1970 g/mol. The summed E-state index contributed by atoms with van der Waals surface area (Å²) in [4.78, 5) is 132. The van der Waals surface area contributed by atoms with Crippen molar-refractivity contribution < 1.29 is 93.6 Å². The summed E-state index contributed by atoms with van der Waals surface area (Å²) in [6.07, 6.45) is 54.4. The Morgan fingerprint density at radius 2 is 0.559 bits per heavy atom. The van der Waals surface area contributed by atoms with Crippen molar-refractivity contribution in [2.75, 3.05) is 19.8 Å². The number of Topliss-reactive ketones (excluding diaryl/α,β-unsaturated/α-hetero) is 5. The third-order valence-electron chi connectivity index (χ3n) is 50.7. The van der Waals surface area contributed by atoms with Crippen LogP contribution in [0.2, 0.25) is 0 Å². The van der Waals surface area contributed by atoms with Gasteiger partial charge in [-0.05, 0) is 468 Å². The summed E-state index contributed by atoms with van der Waals surface area (Å²) >= 11 is 0. The fourth-order valence-electron chi connectivity index (χ4n) is 42.7. The number of hydrogen-bond acceptors (Lipinski definition) is 19. The van der Waals surface area contributed by atoms with Crippen molar-refractivity contribution in [2.45, 2.75) is 422 Å². The molecule has 0 aromatic carbocycles. The Balaban J connectivity index is 0.000000109. The number of hydrogen-bond donors (Lipinski definition) is 8. The van der Waals surface area contributed by atoms with Crippen LogP contribution in [-0.2, 0) is 52.7 Å². The van der Waals surface area contributed by atoms with Gasteiger partial charge in [-0.2, -0.15) is 0 Å². The van der Waals surface area contributed by atoms with E-state index in [9.17, 15) is 93.6 Å². The van der Waals surface area contributed by atoms with Gasteiger partial charge in [0.15, 0.2) is 57.8 Å². The molecule has 18 fully saturated rings. The van der Waals surface area contributed by atoms with E-state index < -0.39 is 41.2 Å². The fourth-order valence-corrected chi connectivity index (χ4v) is 42.7. The van der Waals surface area contributed by atoms with Crippen LogP contribution in [0.5, 0.6) is 0 Å². The molecule has 24 aliphatic carbocycles. The molecule has 0 aliphatic heterocycles. The van der Waals surface area contributed by atoms with Crippen molar-refractivity contribution in [3.8, 4) is 0 Å². The lowest BCUT2D eigenvalue weighted by Gasteiger charge is -2.60. The minimum absolute atomic E-state index is 0.0446. The zero-order chi connectivity index (χ0) is 103. The Morgan fingerprint density at radius 1 is 0.273 bits per heavy atom. The first-order chi connectivity index (χ1) is 67.4. The van der Waals surface area contributed by atoms with Crippen LogP contribution in [0, 0.1) is 189 Å². The molecule has 0 aromatic rings. The molecule has 0 bridgehead atoms. The van der Waals surface area contributed by atoms with E-state index in [0.29, 0.717) is 139 Å². The number of aliphatic hydroxyl groups is 8. The first-order valence-electron chi connectivity index (χ1n) is 57.8. The van der Waals surface area contributed by atoms with Crippen LogP contribution in [0.4, 0.5) is 0 Å². The summed E-state index contributed by atoms with van der Waals surface area (Å²) in [6, 6.07) is 0. The molecule has 8 N–H and O–H groups in total. The van der Waals surface area contributed by atoms with E-state index in [4.69, 9.17) is 0 Å². The van der Waals surface area contributed by atoms with Crippen LogP contribution in [0.25, 0.3) is 0 Å². The highest BCUT2D eigenvalue weighted by Crippen LogP contribution is 2.75. The number of aliphatic hydroxyl groups excluding tert-OH is 6. The SMILES string of the molecule is CC(=O)C1CCC2C3CCC4=CC(=O)CCC4(C)C3CCC12C.CC(=O)[C@@]1(O)CCC2C3CCC4=CC(=O)CCC4(C)C3CCC21C.CC12CCC(=O)C=C1CCC1C2CCC2(C)C(C(=O)CO)CCC12.CC12CCC(=O)C=C1CCC1C2CCC2(C)C(O)CCC12.CC12CCC(=O)C=C1CCC1C2[C@@H](O)CC2(C)C(C(=O)CO)CCC12.CC12CCC(=O)C=C1CCC1C2[C@@H](O)CC2(C)C1CC[C@]2(O)C(=O)CO. The van der Waals surface area contributed by atoms with Gasteiger partial charge in [-0.3, -0.25) is 52.7 Å². The maximum atomic E-state index is 12.4. The minimum atomic E-state index is -1.54. The number of ketones is 11. The summed E-state index contributed by atoms with van der Waals surface area (Å²) in [6.45, 7) is 29.4. The van der Waals surface area contributed by atoms with Crippen LogP contribution < -0.4 is 0 Å². The average Bonchev–Trinajstić information content (AvgIpc) is 1.57. The Bertz CT molecular complexity index is 5310. The van der Waals surface area contributed by atoms with Crippen molar-refractivity contribution in [3.63, 3.8) is 0 Å². The van der Waals surface area contributed by atoms with Crippen molar-refractivity contribution in [3.05, 3.63) is 69.9 Å². The molecule has 0 aromatic heterocycles. The molecular weight excluding hydrogens is 1790 g/mol. The molecule has 0 heterocycles. The molecule has 19 nitrogen and oxygen atoms in total. The van der Waals surface area contributed by atoms with E-state index in [2.05, 4.69) is 76.2 Å². The zero-order valence-corrected chi connectivity index (χ0v) is 89.5. The van der Waals surface area contributed by atoms with Gasteiger partial charge in [-0.1, -0.05) is 117 Å². The van der Waals surface area contributed by atoms with Crippen molar-refractivity contribution in [1.29, 1.82) is 0 Å². The Morgan fingerprint density at radius 3 is 0.937 bits per heavy atom. The van der Waals surface area contributed by atoms with Gasteiger partial charge in [0, 0.05) is 67.1 Å². The lowest BCUT2D eigenvalue weighted by molar-refractivity contribution is -0.182. The molecule has 18 saturated carbocycles. The molecule has 0 amide bonds. The lowest BCUT2D eigenvalue weighted by atomic mass is 9.45. The second-order valence-electron chi connectivity index (χ2n) is 55.5. The summed E-state index contributed by atoms with van der Waals surface area (Å²) in [5.41, 5.74) is 5.43. The third-order valence-corrected chi connectivity index (χ3v) is 50.7. The highest BCUT2D eigenvalue weighted by atomic mass is 16.3. The summed E-state index contributed by atoms with van der Waals surface area (Å²) in [5, 5.41) is 83.2. The molecule has 24 rings (SSSR count). The second kappa shape index (κ2) is 38.1. The lowest BCUT2D eigenvalue weighted by Crippen LogP contribution is -2.62. The molecule has 24 aliphatic rings. The first-order valence-corrected chi connectivity index (χ1v) is 57.8. The Hall–Kier alpha value is -5.51. The number of carbonyl (C=O) groups is 11. The van der Waals surface area contributed by atoms with Gasteiger partial charge < -0.3 is 40.9 Å². The second-order valence-corrected chi connectivity index (χ2v) is 55.5. The number of rotatable bonds is 8. The van der Waals surface area contributed by atoms with Gasteiger partial charge in [0.25, 0.3) is 0 Å². The predicted molar refractivity (Wildman–Crippen MR) is 547 cm³/mol. The molecule has 38 atom stereocenters. The van der Waals surface area contributed by atoms with Crippen molar-refractivity contribution in [1.82, 2.24) is 0 Å². The smallest absolute Gasteiger partial charge is 0.190 e. The summed E-state index contributed by atoms with van der Waals surface area (Å²) < 4.78 is 0. The van der Waals surface area contributed by atoms with Crippen LogP contribution in [0.3, 0.4) is 0 Å². The Kier molecular flexibility index (Phi) is 28.2. The molecule has 19 heteroatoms. The van der Waals surface area contributed by atoms with Gasteiger partial charge in [0.2, 0.25) is 0 Å². The summed E-state index contributed by atoms with van der Waals surface area (Å²) in [7, 11) is 0. The van der Waals surface area contributed by atoms with Crippen LogP contribution in [0.1, 0.15) is 392 Å². The molecule has 788 valence electrons. The van der Waals surface area contributed by atoms with Crippen molar-refractivity contribution >= 4 is 63.6 Å². The number of carbonyl (C=O) groups excluding carboxylic acids is 11. The molecule has 0 spiro atoms. The fraction of sp³-hybridized carbons (Fsp3) is 0.815. The first kappa shape index (κ1) is 106. The van der Waals surface area contributed by atoms with E-state index >= 15 is 0 Å². The highest BCUT2D eigenvalue weighted by Gasteiger charge is 2.72. The van der Waals surface area contributed by atoms with Crippen LogP contribution >= 0.6 is 0 Å². The summed E-state index contributed by atoms with van der Waals surface area (Å²) in [5.74, 6) is 11.4. The van der Waals surface area contributed by atoms with E-state index in [1.807, 2.05) is 37.3 Å². The zero-order valence-electron chi connectivity index (χ0n) is 89.5. The molecule has 34 unspecified atom stereocenters. The maximum absolute atomic E-state index is 12.4. The van der Waals surface area contributed by atoms with E-state index in [0.717, 1.165) is 209 Å². The quantitative estimate of drug-likeness (QED) is 0.112. The van der Waals surface area contributed by atoms with Gasteiger partial charge in [-0.15, -0.1) is 0 Å². The molecule has 0 saturated heterocycles. The minimum Gasteiger partial charge on any atom is -0.393 e. The largest absolute Gasteiger partial charge is 0.393 e. The molecular formula is C124H178O19. The van der Waals surface area contributed by atoms with Crippen LogP contribution in [0.15, 0.2) is 69.9 Å². The topological polar surface area (TPSA) is 350 Å². The van der Waals surface area contributed by atoms with Gasteiger partial charge >= 0.3 is 0 Å². The predicted octanol–water partition coefficient (Wildman–Crippen LogP) is 20.6. The normalized spacial score (nSPS) is 49.8. The Labute approximate surface area is 853 Å². The van der Waals surface area contributed by atoms with E-state index in [1.165, 1.54) is 97.6 Å².